The summed E-state index contributed by atoms with van der Waals surface area (Å²) in [5, 5.41) is 0.0249. The molecule has 1 saturated carbocycles. The molecule has 0 unspecified atom stereocenters. The zero-order chi connectivity index (χ0) is 20.5. The van der Waals surface area contributed by atoms with Crippen LogP contribution in [0.4, 0.5) is 23.7 Å². The Hall–Kier alpha value is -2.20. The number of carbonyl (C=O) groups excluding carboxylic acids is 2. The second-order valence-corrected chi connectivity index (χ2v) is 7.37. The van der Waals surface area contributed by atoms with Crippen molar-refractivity contribution in [2.75, 3.05) is 4.90 Å². The molecule has 2 aliphatic rings. The highest BCUT2D eigenvalue weighted by Crippen LogP contribution is 2.50. The van der Waals surface area contributed by atoms with Crippen LogP contribution >= 0.6 is 11.6 Å². The van der Waals surface area contributed by atoms with Crippen molar-refractivity contribution in [3.8, 4) is 11.8 Å². The number of cyclic esters (lactones) is 1. The van der Waals surface area contributed by atoms with Gasteiger partial charge in [0.1, 0.15) is 0 Å². The fraction of sp³-hybridized carbons (Fsp3) is 0.500. The lowest BCUT2D eigenvalue weighted by Crippen LogP contribution is -2.54. The lowest BCUT2D eigenvalue weighted by molar-refractivity contribution is -0.240. The van der Waals surface area contributed by atoms with Gasteiger partial charge in [-0.2, -0.15) is 13.2 Å². The van der Waals surface area contributed by atoms with Crippen LogP contribution in [0.5, 0.6) is 0 Å². The first-order chi connectivity index (χ1) is 13.2. The summed E-state index contributed by atoms with van der Waals surface area (Å²) in [5.74, 6) is 3.93. The monoisotopic (exact) mass is 413 g/mol. The van der Waals surface area contributed by atoms with Crippen LogP contribution in [0.1, 0.15) is 51.0 Å². The fourth-order valence-electron chi connectivity index (χ4n) is 3.00. The van der Waals surface area contributed by atoms with Gasteiger partial charge in [0.2, 0.25) is 5.91 Å². The van der Waals surface area contributed by atoms with E-state index in [1.54, 1.807) is 0 Å². The number of ether oxygens (including phenoxy) is 1. The maximum absolute atomic E-state index is 14.1. The maximum Gasteiger partial charge on any atom is 0.445 e. The third-order valence-electron chi connectivity index (χ3n) is 4.67. The van der Waals surface area contributed by atoms with E-state index in [0.29, 0.717) is 24.2 Å². The third-order valence-corrected chi connectivity index (χ3v) is 4.91. The fourth-order valence-corrected chi connectivity index (χ4v) is 3.17. The number of unbranched alkanes of at least 4 members (excludes halogenated alkanes) is 2. The number of fused-ring (bicyclic) bond motifs is 1. The van der Waals surface area contributed by atoms with Gasteiger partial charge in [0.05, 0.1) is 5.69 Å². The van der Waals surface area contributed by atoms with Crippen molar-refractivity contribution in [3.63, 3.8) is 0 Å². The Labute approximate surface area is 166 Å². The summed E-state index contributed by atoms with van der Waals surface area (Å²) in [6.45, 7) is 1.95. The lowest BCUT2D eigenvalue weighted by Gasteiger charge is -2.39. The van der Waals surface area contributed by atoms with Crippen molar-refractivity contribution in [2.24, 2.45) is 5.92 Å². The van der Waals surface area contributed by atoms with E-state index in [1.165, 1.54) is 12.1 Å². The van der Waals surface area contributed by atoms with Crippen molar-refractivity contribution >= 4 is 29.3 Å². The molecule has 4 nitrogen and oxygen atoms in total. The van der Waals surface area contributed by atoms with E-state index in [1.807, 2.05) is 6.92 Å². The van der Waals surface area contributed by atoms with E-state index in [-0.39, 0.29) is 23.0 Å². The summed E-state index contributed by atoms with van der Waals surface area (Å²) >= 11 is 5.94. The standard InChI is InChI=1S/C20H19ClF3NO3/c1-2-3-4-5-17(26)25-16-9-8-14(21)12-15(16)19(20(22,23)24,28-18(25)27)11-10-13-6-7-13/h8-9,12-13H,2-7H2,1H3/t19-/m0/s1. The number of alkyl halides is 3. The molecule has 2 amide bonds. The Balaban J connectivity index is 2.10. The maximum atomic E-state index is 14.1. The van der Waals surface area contributed by atoms with E-state index in [2.05, 4.69) is 11.8 Å². The summed E-state index contributed by atoms with van der Waals surface area (Å²) in [5.41, 5.74) is -3.78. The van der Waals surface area contributed by atoms with Crippen molar-refractivity contribution in [1.29, 1.82) is 0 Å². The average Bonchev–Trinajstić information content (AvgIpc) is 3.43. The minimum Gasteiger partial charge on any atom is -0.414 e. The molecule has 1 atom stereocenters. The zero-order valence-corrected chi connectivity index (χ0v) is 16.0. The highest BCUT2D eigenvalue weighted by atomic mass is 35.5. The van der Waals surface area contributed by atoms with E-state index < -0.39 is 29.3 Å². The number of carbonyl (C=O) groups is 2. The first kappa shape index (κ1) is 20.5. The molecular formula is C20H19ClF3NO3. The molecule has 28 heavy (non-hydrogen) atoms. The summed E-state index contributed by atoms with van der Waals surface area (Å²) < 4.78 is 47.2. The number of hydrogen-bond acceptors (Lipinski definition) is 3. The minimum absolute atomic E-state index is 0.0249. The number of anilines is 1. The van der Waals surface area contributed by atoms with Gasteiger partial charge in [0, 0.05) is 22.9 Å². The molecule has 1 aliphatic heterocycles. The summed E-state index contributed by atoms with van der Waals surface area (Å²) in [6, 6.07) is 3.63. The Morgan fingerprint density at radius 1 is 1.36 bits per heavy atom. The smallest absolute Gasteiger partial charge is 0.414 e. The summed E-state index contributed by atoms with van der Waals surface area (Å²) in [7, 11) is 0. The van der Waals surface area contributed by atoms with Crippen LogP contribution in [0.15, 0.2) is 18.2 Å². The predicted octanol–water partition coefficient (Wildman–Crippen LogP) is 5.57. The first-order valence-corrected chi connectivity index (χ1v) is 9.53. The average molecular weight is 414 g/mol. The molecule has 1 heterocycles. The Bertz CT molecular complexity index is 854. The Morgan fingerprint density at radius 3 is 2.68 bits per heavy atom. The molecule has 0 radical (unpaired) electrons. The van der Waals surface area contributed by atoms with E-state index >= 15 is 0 Å². The number of amides is 2. The lowest BCUT2D eigenvalue weighted by atomic mass is 9.89. The van der Waals surface area contributed by atoms with Crippen LogP contribution in [0.3, 0.4) is 0 Å². The van der Waals surface area contributed by atoms with Crippen LogP contribution in [0, 0.1) is 17.8 Å². The van der Waals surface area contributed by atoms with Crippen LogP contribution in [0.25, 0.3) is 0 Å². The van der Waals surface area contributed by atoms with Gasteiger partial charge in [-0.25, -0.2) is 9.69 Å². The molecule has 3 rings (SSSR count). The molecule has 150 valence electrons. The molecule has 0 aromatic heterocycles. The molecule has 8 heteroatoms. The van der Waals surface area contributed by atoms with Crippen LogP contribution in [-0.2, 0) is 15.1 Å². The van der Waals surface area contributed by atoms with Crippen molar-refractivity contribution in [1.82, 2.24) is 0 Å². The van der Waals surface area contributed by atoms with Crippen LogP contribution in [-0.4, -0.2) is 18.2 Å². The third kappa shape index (κ3) is 3.83. The molecule has 0 N–H and O–H groups in total. The minimum atomic E-state index is -5.00. The molecule has 1 aliphatic carbocycles. The SMILES string of the molecule is CCCCCC(=O)N1C(=O)O[C@](C#CC2CC2)(C(F)(F)F)c2cc(Cl)ccc21. The predicted molar refractivity (Wildman–Crippen MR) is 97.8 cm³/mol. The molecule has 1 aromatic carbocycles. The number of hydrogen-bond donors (Lipinski definition) is 0. The van der Waals surface area contributed by atoms with Gasteiger partial charge in [-0.05, 0) is 43.4 Å². The van der Waals surface area contributed by atoms with Crippen molar-refractivity contribution in [2.45, 2.75) is 57.2 Å². The van der Waals surface area contributed by atoms with Gasteiger partial charge >= 0.3 is 12.3 Å². The largest absolute Gasteiger partial charge is 0.445 e. The quantitative estimate of drug-likeness (QED) is 0.478. The topological polar surface area (TPSA) is 46.6 Å². The van der Waals surface area contributed by atoms with E-state index in [0.717, 1.165) is 18.9 Å². The normalized spacial score (nSPS) is 21.5. The Kier molecular flexibility index (Phi) is 5.62. The van der Waals surface area contributed by atoms with Gasteiger partial charge in [-0.1, -0.05) is 37.3 Å². The molecule has 1 aromatic rings. The highest BCUT2D eigenvalue weighted by molar-refractivity contribution is 6.31. The second kappa shape index (κ2) is 7.67. The van der Waals surface area contributed by atoms with E-state index in [9.17, 15) is 22.8 Å². The molecule has 0 bridgehead atoms. The highest BCUT2D eigenvalue weighted by Gasteiger charge is 2.63. The number of nitrogens with zero attached hydrogens (tertiary/aromatic N) is 1. The van der Waals surface area contributed by atoms with E-state index in [4.69, 9.17) is 16.3 Å². The molecule has 0 saturated heterocycles. The number of halogens is 4. The van der Waals surface area contributed by atoms with Gasteiger partial charge in [-0.3, -0.25) is 4.79 Å². The first-order valence-electron chi connectivity index (χ1n) is 9.15. The summed E-state index contributed by atoms with van der Waals surface area (Å²) in [6.07, 6.45) is -2.79. The number of benzene rings is 1. The van der Waals surface area contributed by atoms with Gasteiger partial charge in [0.15, 0.2) is 0 Å². The molecule has 0 spiro atoms. The van der Waals surface area contributed by atoms with Gasteiger partial charge < -0.3 is 4.74 Å². The number of imide groups is 1. The molecular weight excluding hydrogens is 395 g/mol. The van der Waals surface area contributed by atoms with Crippen molar-refractivity contribution in [3.05, 3.63) is 28.8 Å². The molecule has 1 fully saturated rings. The van der Waals surface area contributed by atoms with Crippen LogP contribution < -0.4 is 4.90 Å². The second-order valence-electron chi connectivity index (χ2n) is 6.94. The Morgan fingerprint density at radius 2 is 2.07 bits per heavy atom. The van der Waals surface area contributed by atoms with Crippen LogP contribution in [0.2, 0.25) is 5.02 Å². The zero-order valence-electron chi connectivity index (χ0n) is 15.2. The summed E-state index contributed by atoms with van der Waals surface area (Å²) in [4.78, 5) is 25.7. The van der Waals surface area contributed by atoms with Crippen molar-refractivity contribution < 1.29 is 27.5 Å². The number of rotatable bonds is 4. The van der Waals surface area contributed by atoms with Gasteiger partial charge in [-0.15, -0.1) is 0 Å². The van der Waals surface area contributed by atoms with Gasteiger partial charge in [0.25, 0.3) is 5.60 Å².